The van der Waals surface area contributed by atoms with Crippen LogP contribution in [0.4, 0.5) is 0 Å². The number of hydrogen-bond donors (Lipinski definition) is 0. The molecule has 138 valence electrons. The summed E-state index contributed by atoms with van der Waals surface area (Å²) in [6.07, 6.45) is 4.64. The van der Waals surface area contributed by atoms with E-state index in [0.717, 1.165) is 25.7 Å². The molecule has 23 heavy (non-hydrogen) atoms. The molecule has 1 aliphatic rings. The molecule has 0 bridgehead atoms. The van der Waals surface area contributed by atoms with Gasteiger partial charge in [0.05, 0.1) is 0 Å². The molecule has 1 aliphatic carbocycles. The van der Waals surface area contributed by atoms with Gasteiger partial charge in [-0.15, -0.1) is 0 Å². The second kappa shape index (κ2) is 8.54. The van der Waals surface area contributed by atoms with Crippen LogP contribution in [0.25, 0.3) is 0 Å². The summed E-state index contributed by atoms with van der Waals surface area (Å²) in [6, 6.07) is 0. The summed E-state index contributed by atoms with van der Waals surface area (Å²) < 4.78 is 17.4. The van der Waals surface area contributed by atoms with Crippen LogP contribution in [0.3, 0.4) is 0 Å². The zero-order valence-electron chi connectivity index (χ0n) is 15.7. The van der Waals surface area contributed by atoms with Gasteiger partial charge in [-0.05, 0) is 0 Å². The number of Topliss-reactive ketones (excluding diaryl/α,β-unsaturated/α-hetero) is 1. The second-order valence-corrected chi connectivity index (χ2v) is 20.2. The van der Waals surface area contributed by atoms with E-state index >= 15 is 0 Å². The van der Waals surface area contributed by atoms with Gasteiger partial charge in [-0.25, -0.2) is 0 Å². The number of halogens is 1. The molecular formula is C16H34IO4PSi. The molecule has 4 nitrogen and oxygen atoms in total. The first kappa shape index (κ1) is 22.0. The zero-order chi connectivity index (χ0) is 17.9. The van der Waals surface area contributed by atoms with Gasteiger partial charge < -0.3 is 0 Å². The summed E-state index contributed by atoms with van der Waals surface area (Å²) in [5.74, 6) is 0.460. The summed E-state index contributed by atoms with van der Waals surface area (Å²) >= 11 is 2.20. The Bertz CT molecular complexity index is 399. The van der Waals surface area contributed by atoms with E-state index < -0.39 is 13.7 Å². The third kappa shape index (κ3) is 6.30. The van der Waals surface area contributed by atoms with Crippen LogP contribution in [0.5, 0.6) is 0 Å². The molecule has 0 N–H and O–H groups in total. The van der Waals surface area contributed by atoms with E-state index in [1.165, 1.54) is 0 Å². The van der Waals surface area contributed by atoms with Gasteiger partial charge in [0.25, 0.3) is 0 Å². The van der Waals surface area contributed by atoms with Gasteiger partial charge in [0.15, 0.2) is 0 Å². The van der Waals surface area contributed by atoms with Crippen molar-refractivity contribution in [3.8, 4) is 0 Å². The van der Waals surface area contributed by atoms with Gasteiger partial charge in [0, 0.05) is 0 Å². The number of carbonyl (C=O) groups excluding carboxylic acids is 1. The molecule has 0 unspecified atom stereocenters. The van der Waals surface area contributed by atoms with E-state index in [1.54, 1.807) is 14.2 Å². The first-order valence-electron chi connectivity index (χ1n) is 8.44. The molecule has 0 aromatic rings. The fourth-order valence-electron chi connectivity index (χ4n) is 2.68. The number of carbonyl (C=O) groups is 1. The summed E-state index contributed by atoms with van der Waals surface area (Å²) in [5, 5.41) is -2.09. The summed E-state index contributed by atoms with van der Waals surface area (Å²) in [4.78, 5) is 12.5. The average molecular weight is 476 g/mol. The Morgan fingerprint density at radius 2 is 1.61 bits per heavy atom. The van der Waals surface area contributed by atoms with Crippen molar-refractivity contribution in [2.24, 2.45) is 5.92 Å². The monoisotopic (exact) mass is 476 g/mol. The maximum absolute atomic E-state index is 12.5. The van der Waals surface area contributed by atoms with E-state index in [0.29, 0.717) is 18.0 Å². The van der Waals surface area contributed by atoms with Crippen molar-refractivity contribution in [2.45, 2.75) is 70.7 Å². The van der Waals surface area contributed by atoms with Crippen molar-refractivity contribution < 1.29 is 18.3 Å². The van der Waals surface area contributed by atoms with Gasteiger partial charge in [0.1, 0.15) is 0 Å². The van der Waals surface area contributed by atoms with Crippen LogP contribution in [0, 0.1) is 5.92 Å². The van der Waals surface area contributed by atoms with Gasteiger partial charge in [-0.2, -0.15) is 0 Å². The Labute approximate surface area is 156 Å². The van der Waals surface area contributed by atoms with Crippen molar-refractivity contribution >= 4 is 41.5 Å². The number of hydrogen-bond acceptors (Lipinski definition) is 4. The van der Waals surface area contributed by atoms with Crippen molar-refractivity contribution in [1.29, 1.82) is 0 Å². The number of ketones is 1. The van der Waals surface area contributed by atoms with Crippen LogP contribution < -0.4 is 0 Å². The minimum atomic E-state index is -2.33. The quantitative estimate of drug-likeness (QED) is 0.282. The molecule has 1 fully saturated rings. The first-order chi connectivity index (χ1) is 10.4. The Balaban J connectivity index is 2.51. The molecule has 7 heteroatoms. The zero-order valence-corrected chi connectivity index (χ0v) is 19.9. The molecule has 0 radical (unpaired) electrons. The van der Waals surface area contributed by atoms with Crippen molar-refractivity contribution in [3.63, 3.8) is 0 Å². The van der Waals surface area contributed by atoms with E-state index in [4.69, 9.17) is 13.5 Å². The molecule has 0 aliphatic heterocycles. The third-order valence-electron chi connectivity index (χ3n) is 5.39. The Morgan fingerprint density at radius 1 is 1.13 bits per heavy atom. The fourth-order valence-corrected chi connectivity index (χ4v) is 6.39. The predicted molar refractivity (Wildman–Crippen MR) is 110 cm³/mol. The van der Waals surface area contributed by atoms with E-state index in [2.05, 4.69) is 55.9 Å². The molecule has 0 aromatic carbocycles. The van der Waals surface area contributed by atoms with Crippen LogP contribution in [0.15, 0.2) is 0 Å². The molecule has 0 aromatic heterocycles. The SMILES string of the molecule is CO[PH](I)(CC(=O)[C@H]1CC[C@H](O[Si](C)(C)C(C)(C)C)CC1)OC. The molecule has 0 amide bonds. The summed E-state index contributed by atoms with van der Waals surface area (Å²) in [5.41, 5.74) is 0. The van der Waals surface area contributed by atoms with Crippen LogP contribution in [-0.4, -0.2) is 40.6 Å². The standard InChI is InChI=1S/C16H34IO4PSi/c1-16(2,3)23(6,7)21-14-10-8-13(9-11-14)15(18)12-22(17,19-4)20-5/h13-14,22H,8-12H2,1-7H3/t13-,14-. The van der Waals surface area contributed by atoms with Crippen molar-refractivity contribution in [3.05, 3.63) is 0 Å². The van der Waals surface area contributed by atoms with Gasteiger partial charge in [-0.1, -0.05) is 0 Å². The summed E-state index contributed by atoms with van der Waals surface area (Å²) in [6.45, 7) is 11.4. The van der Waals surface area contributed by atoms with E-state index in [9.17, 15) is 4.79 Å². The van der Waals surface area contributed by atoms with Crippen LogP contribution in [-0.2, 0) is 18.3 Å². The molecule has 0 atom stereocenters. The first-order valence-corrected chi connectivity index (χ1v) is 16.5. The number of rotatable bonds is 7. The second-order valence-electron chi connectivity index (χ2n) is 8.06. The van der Waals surface area contributed by atoms with Crippen molar-refractivity contribution in [2.75, 3.05) is 20.4 Å². The Morgan fingerprint density at radius 3 is 2.00 bits per heavy atom. The van der Waals surface area contributed by atoms with Gasteiger partial charge in [-0.3, -0.25) is 0 Å². The Hall–Kier alpha value is 0.927. The van der Waals surface area contributed by atoms with E-state index in [1.807, 2.05) is 0 Å². The minimum absolute atomic E-state index is 0.154. The molecule has 1 rings (SSSR count). The molecular weight excluding hydrogens is 442 g/mol. The third-order valence-corrected chi connectivity index (χ3v) is 15.7. The molecule has 0 spiro atoms. The molecule has 0 heterocycles. The normalized spacial score (nSPS) is 24.5. The molecule has 0 saturated heterocycles. The van der Waals surface area contributed by atoms with Gasteiger partial charge in [0.2, 0.25) is 0 Å². The summed E-state index contributed by atoms with van der Waals surface area (Å²) in [7, 11) is 1.57. The fraction of sp³-hybridized carbons (Fsp3) is 0.938. The predicted octanol–water partition coefficient (Wildman–Crippen LogP) is 5.36. The van der Waals surface area contributed by atoms with Crippen LogP contribution >= 0.6 is 27.4 Å². The van der Waals surface area contributed by atoms with Crippen LogP contribution in [0.2, 0.25) is 18.1 Å². The topological polar surface area (TPSA) is 44.8 Å². The molecule has 1 saturated carbocycles. The average Bonchev–Trinajstić information content (AvgIpc) is 2.46. The maximum atomic E-state index is 12.5. The Kier molecular flexibility index (Phi) is 8.16. The van der Waals surface area contributed by atoms with Gasteiger partial charge >= 0.3 is 157 Å². The van der Waals surface area contributed by atoms with E-state index in [-0.39, 0.29) is 11.0 Å². The van der Waals surface area contributed by atoms with Crippen molar-refractivity contribution in [1.82, 2.24) is 0 Å². The van der Waals surface area contributed by atoms with Crippen LogP contribution in [0.1, 0.15) is 46.5 Å².